The molecule has 1 heterocycles. The van der Waals surface area contributed by atoms with Gasteiger partial charge >= 0.3 is 11.9 Å². The van der Waals surface area contributed by atoms with E-state index in [0.717, 1.165) is 12.8 Å². The first-order valence-electron chi connectivity index (χ1n) is 9.07. The third-order valence-electron chi connectivity index (χ3n) is 4.53. The van der Waals surface area contributed by atoms with Crippen molar-refractivity contribution in [3.63, 3.8) is 0 Å². The van der Waals surface area contributed by atoms with E-state index < -0.39 is 18.0 Å². The van der Waals surface area contributed by atoms with Crippen molar-refractivity contribution in [3.8, 4) is 0 Å². The summed E-state index contributed by atoms with van der Waals surface area (Å²) in [5.41, 5.74) is 0. The third kappa shape index (κ3) is 7.81. The second kappa shape index (κ2) is 11.5. The number of unbranched alkanes of at least 4 members (excludes halogenated alkanes) is 10. The molecule has 1 aliphatic rings. The van der Waals surface area contributed by atoms with E-state index in [2.05, 4.69) is 6.92 Å². The number of ether oxygens (including phenoxy) is 1. The molecule has 1 aliphatic heterocycles. The lowest BCUT2D eigenvalue weighted by Crippen LogP contribution is -2.23. The largest absolute Gasteiger partial charge is 0.481 e. The highest BCUT2D eigenvalue weighted by Crippen LogP contribution is 2.26. The Balaban J connectivity index is 1.93. The van der Waals surface area contributed by atoms with Gasteiger partial charge in [-0.15, -0.1) is 0 Å². The Morgan fingerprint density at radius 1 is 1.00 bits per heavy atom. The molecule has 0 amide bonds. The Morgan fingerprint density at radius 3 is 2.00 bits per heavy atom. The van der Waals surface area contributed by atoms with E-state index in [-0.39, 0.29) is 12.4 Å². The topological polar surface area (TPSA) is 63.6 Å². The quantitative estimate of drug-likeness (QED) is 0.395. The molecule has 0 aliphatic carbocycles. The highest BCUT2D eigenvalue weighted by molar-refractivity contribution is 5.82. The second-order valence-corrected chi connectivity index (χ2v) is 6.50. The lowest BCUT2D eigenvalue weighted by atomic mass is 9.96. The smallest absolute Gasteiger partial charge is 0.310 e. The number of carboxylic acid groups (broad SMARTS) is 1. The van der Waals surface area contributed by atoms with Gasteiger partial charge in [0.25, 0.3) is 0 Å². The molecule has 0 radical (unpaired) electrons. The molecule has 1 rings (SSSR count). The maximum Gasteiger partial charge on any atom is 0.310 e. The lowest BCUT2D eigenvalue weighted by Gasteiger charge is -2.13. The molecule has 0 bridgehead atoms. The van der Waals surface area contributed by atoms with E-state index in [1.54, 1.807) is 0 Å². The summed E-state index contributed by atoms with van der Waals surface area (Å²) in [6.07, 6.45) is 14.3. The van der Waals surface area contributed by atoms with Crippen molar-refractivity contribution in [2.45, 2.75) is 96.5 Å². The molecule has 0 aromatic heterocycles. The minimum absolute atomic E-state index is 0.0397. The molecular formula is C18H32O4. The van der Waals surface area contributed by atoms with Crippen LogP contribution >= 0.6 is 0 Å². The molecule has 1 fully saturated rings. The van der Waals surface area contributed by atoms with E-state index in [0.29, 0.717) is 6.42 Å². The van der Waals surface area contributed by atoms with Crippen LogP contribution in [0.5, 0.6) is 0 Å². The summed E-state index contributed by atoms with van der Waals surface area (Å²) in [5, 5.41) is 9.05. The summed E-state index contributed by atoms with van der Waals surface area (Å²) in [7, 11) is 0. The number of esters is 1. The van der Waals surface area contributed by atoms with Crippen molar-refractivity contribution in [3.05, 3.63) is 0 Å². The van der Waals surface area contributed by atoms with Crippen molar-refractivity contribution in [1.82, 2.24) is 0 Å². The molecule has 0 aromatic carbocycles. The van der Waals surface area contributed by atoms with Crippen molar-refractivity contribution >= 4 is 11.9 Å². The van der Waals surface area contributed by atoms with Crippen LogP contribution in [-0.2, 0) is 14.3 Å². The van der Waals surface area contributed by atoms with Gasteiger partial charge in [0.15, 0.2) is 0 Å². The number of carboxylic acids is 1. The van der Waals surface area contributed by atoms with Crippen LogP contribution in [0.15, 0.2) is 0 Å². The normalized spacial score (nSPS) is 21.0. The maximum absolute atomic E-state index is 11.2. The second-order valence-electron chi connectivity index (χ2n) is 6.50. The minimum Gasteiger partial charge on any atom is -0.481 e. The Hall–Kier alpha value is -1.06. The number of aliphatic carboxylic acids is 1. The molecule has 4 nitrogen and oxygen atoms in total. The Bertz CT molecular complexity index is 327. The number of rotatable bonds is 13. The zero-order valence-corrected chi connectivity index (χ0v) is 14.0. The third-order valence-corrected chi connectivity index (χ3v) is 4.53. The van der Waals surface area contributed by atoms with Gasteiger partial charge in [0, 0.05) is 0 Å². The SMILES string of the molecule is CCCCCCCCCCCCC[C@@H]1OC(=O)C[C@H]1C(=O)O. The van der Waals surface area contributed by atoms with Crippen molar-refractivity contribution in [2.75, 3.05) is 0 Å². The van der Waals surface area contributed by atoms with Gasteiger partial charge in [-0.3, -0.25) is 9.59 Å². The van der Waals surface area contributed by atoms with Crippen LogP contribution in [0.4, 0.5) is 0 Å². The highest BCUT2D eigenvalue weighted by Gasteiger charge is 2.39. The number of carbonyl (C=O) groups is 2. The number of cyclic esters (lactones) is 1. The first-order chi connectivity index (χ1) is 10.6. The molecule has 2 atom stereocenters. The van der Waals surface area contributed by atoms with Gasteiger partial charge in [0.1, 0.15) is 12.0 Å². The first kappa shape index (κ1) is 19.0. The van der Waals surface area contributed by atoms with E-state index in [4.69, 9.17) is 9.84 Å². The summed E-state index contributed by atoms with van der Waals surface area (Å²) >= 11 is 0. The van der Waals surface area contributed by atoms with Crippen LogP contribution in [0.2, 0.25) is 0 Å². The Morgan fingerprint density at radius 2 is 1.50 bits per heavy atom. The van der Waals surface area contributed by atoms with Crippen LogP contribution in [0.25, 0.3) is 0 Å². The van der Waals surface area contributed by atoms with Crippen LogP contribution in [0, 0.1) is 5.92 Å². The van der Waals surface area contributed by atoms with Gasteiger partial charge in [0.2, 0.25) is 0 Å². The van der Waals surface area contributed by atoms with Gasteiger partial charge < -0.3 is 9.84 Å². The molecule has 128 valence electrons. The Kier molecular flexibility index (Phi) is 9.93. The van der Waals surface area contributed by atoms with Gasteiger partial charge in [-0.1, -0.05) is 71.1 Å². The zero-order chi connectivity index (χ0) is 16.2. The lowest BCUT2D eigenvalue weighted by molar-refractivity contribution is -0.144. The number of carbonyl (C=O) groups excluding carboxylic acids is 1. The zero-order valence-electron chi connectivity index (χ0n) is 14.0. The van der Waals surface area contributed by atoms with Crippen LogP contribution in [-0.4, -0.2) is 23.1 Å². The van der Waals surface area contributed by atoms with Gasteiger partial charge in [-0.2, -0.15) is 0 Å². The fourth-order valence-corrected chi connectivity index (χ4v) is 3.13. The summed E-state index contributed by atoms with van der Waals surface area (Å²) in [6, 6.07) is 0. The van der Waals surface area contributed by atoms with E-state index >= 15 is 0 Å². The number of hydrogen-bond donors (Lipinski definition) is 1. The molecule has 0 aromatic rings. The van der Waals surface area contributed by atoms with Gasteiger partial charge in [-0.05, 0) is 12.8 Å². The molecule has 4 heteroatoms. The van der Waals surface area contributed by atoms with E-state index in [9.17, 15) is 9.59 Å². The molecule has 1 saturated heterocycles. The first-order valence-corrected chi connectivity index (χ1v) is 9.07. The fourth-order valence-electron chi connectivity index (χ4n) is 3.13. The van der Waals surface area contributed by atoms with Crippen LogP contribution in [0.3, 0.4) is 0 Å². The van der Waals surface area contributed by atoms with E-state index in [1.807, 2.05) is 0 Å². The fraction of sp³-hybridized carbons (Fsp3) is 0.889. The molecule has 0 spiro atoms. The molecular weight excluding hydrogens is 280 g/mol. The molecule has 0 unspecified atom stereocenters. The molecule has 1 N–H and O–H groups in total. The van der Waals surface area contributed by atoms with Crippen molar-refractivity contribution < 1.29 is 19.4 Å². The maximum atomic E-state index is 11.2. The minimum atomic E-state index is -0.904. The van der Waals surface area contributed by atoms with Crippen molar-refractivity contribution in [2.24, 2.45) is 5.92 Å². The summed E-state index contributed by atoms with van der Waals surface area (Å²) in [6.45, 7) is 2.24. The average Bonchev–Trinajstić information content (AvgIpc) is 2.86. The monoisotopic (exact) mass is 312 g/mol. The highest BCUT2D eigenvalue weighted by atomic mass is 16.6. The number of hydrogen-bond acceptors (Lipinski definition) is 3. The van der Waals surface area contributed by atoms with Gasteiger partial charge in [-0.25, -0.2) is 0 Å². The standard InChI is InChI=1S/C18H32O4/c1-2-3-4-5-6-7-8-9-10-11-12-13-16-15(18(20)21)14-17(19)22-16/h15-16H,2-14H2,1H3,(H,20,21)/t15-,16+/m1/s1. The predicted molar refractivity (Wildman–Crippen MR) is 86.7 cm³/mol. The van der Waals surface area contributed by atoms with E-state index in [1.165, 1.54) is 57.8 Å². The van der Waals surface area contributed by atoms with Crippen LogP contribution < -0.4 is 0 Å². The predicted octanol–water partition coefficient (Wildman–Crippen LogP) is 4.70. The van der Waals surface area contributed by atoms with Crippen molar-refractivity contribution in [1.29, 1.82) is 0 Å². The summed E-state index contributed by atoms with van der Waals surface area (Å²) in [4.78, 5) is 22.2. The van der Waals surface area contributed by atoms with Crippen LogP contribution in [0.1, 0.15) is 90.4 Å². The summed E-state index contributed by atoms with van der Waals surface area (Å²) < 4.78 is 5.11. The average molecular weight is 312 g/mol. The Labute approximate surface area is 134 Å². The molecule has 22 heavy (non-hydrogen) atoms. The van der Waals surface area contributed by atoms with Gasteiger partial charge in [0.05, 0.1) is 6.42 Å². The molecule has 0 saturated carbocycles. The summed E-state index contributed by atoms with van der Waals surface area (Å²) in [5.74, 6) is -1.89.